The van der Waals surface area contributed by atoms with E-state index in [1.807, 2.05) is 13.0 Å². The first-order valence-electron chi connectivity index (χ1n) is 4.23. The summed E-state index contributed by atoms with van der Waals surface area (Å²) < 4.78 is 0.766. The van der Waals surface area contributed by atoms with Crippen LogP contribution in [-0.2, 0) is 0 Å². The van der Waals surface area contributed by atoms with Crippen LogP contribution in [0.1, 0.15) is 10.6 Å². The van der Waals surface area contributed by atoms with E-state index in [1.165, 1.54) is 23.1 Å². The molecule has 0 fully saturated rings. The molecule has 2 aromatic rings. The summed E-state index contributed by atoms with van der Waals surface area (Å²) in [6.45, 7) is 1.88. The van der Waals surface area contributed by atoms with Gasteiger partial charge in [0.1, 0.15) is 16.1 Å². The number of hydrogen-bond donors (Lipinski definition) is 0. The van der Waals surface area contributed by atoms with E-state index >= 15 is 0 Å². The van der Waals surface area contributed by atoms with Crippen molar-refractivity contribution in [2.24, 2.45) is 0 Å². The molecule has 0 aromatic carbocycles. The van der Waals surface area contributed by atoms with Gasteiger partial charge < -0.3 is 0 Å². The summed E-state index contributed by atoms with van der Waals surface area (Å²) in [6, 6.07) is 3.59. The molecular formula is C9H5ClN4S2. The molecule has 0 unspecified atom stereocenters. The van der Waals surface area contributed by atoms with E-state index in [-0.39, 0.29) is 0 Å². The van der Waals surface area contributed by atoms with Gasteiger partial charge in [0, 0.05) is 6.20 Å². The molecule has 80 valence electrons. The molecule has 16 heavy (non-hydrogen) atoms. The number of nitriles is 1. The van der Waals surface area contributed by atoms with Crippen LogP contribution in [0.5, 0.6) is 0 Å². The number of pyridine rings is 1. The van der Waals surface area contributed by atoms with Crippen molar-refractivity contribution in [2.45, 2.75) is 16.3 Å². The Kier molecular flexibility index (Phi) is 3.39. The number of rotatable bonds is 2. The monoisotopic (exact) mass is 268 g/mol. The first-order chi connectivity index (χ1) is 7.70. The molecular weight excluding hydrogens is 264 g/mol. The lowest BCUT2D eigenvalue weighted by molar-refractivity contribution is 0.980. The Balaban J connectivity index is 2.32. The Morgan fingerprint density at radius 3 is 2.94 bits per heavy atom. The Bertz CT molecular complexity index is 561. The SMILES string of the molecule is Cc1nnc(Sc2nccc(C#N)c2Cl)s1. The summed E-state index contributed by atoms with van der Waals surface area (Å²) in [5.41, 5.74) is 0.417. The van der Waals surface area contributed by atoms with Gasteiger partial charge in [0.25, 0.3) is 0 Å². The van der Waals surface area contributed by atoms with Crippen molar-refractivity contribution in [3.8, 4) is 6.07 Å². The summed E-state index contributed by atoms with van der Waals surface area (Å²) in [4.78, 5) is 4.11. The number of nitrogens with zero attached hydrogens (tertiary/aromatic N) is 4. The minimum atomic E-state index is 0.364. The fraction of sp³-hybridized carbons (Fsp3) is 0.111. The average molecular weight is 269 g/mol. The molecule has 4 nitrogen and oxygen atoms in total. The van der Waals surface area contributed by atoms with Gasteiger partial charge in [-0.05, 0) is 24.8 Å². The van der Waals surface area contributed by atoms with Crippen LogP contribution >= 0.6 is 34.7 Å². The van der Waals surface area contributed by atoms with Gasteiger partial charge in [-0.1, -0.05) is 22.9 Å². The Morgan fingerprint density at radius 1 is 1.50 bits per heavy atom. The van der Waals surface area contributed by atoms with Crippen LogP contribution < -0.4 is 0 Å². The molecule has 0 saturated carbocycles. The summed E-state index contributed by atoms with van der Waals surface area (Å²) in [6.07, 6.45) is 1.56. The summed E-state index contributed by atoms with van der Waals surface area (Å²) in [5, 5.41) is 18.5. The van der Waals surface area contributed by atoms with Crippen molar-refractivity contribution in [1.82, 2.24) is 15.2 Å². The van der Waals surface area contributed by atoms with Crippen LogP contribution in [0.15, 0.2) is 21.6 Å². The van der Waals surface area contributed by atoms with Gasteiger partial charge >= 0.3 is 0 Å². The fourth-order valence-corrected chi connectivity index (χ4v) is 3.00. The lowest BCUT2D eigenvalue weighted by Crippen LogP contribution is -1.85. The van der Waals surface area contributed by atoms with E-state index in [9.17, 15) is 0 Å². The standard InChI is InChI=1S/C9H5ClN4S2/c1-5-13-14-9(15-5)16-8-7(10)6(4-11)2-3-12-8/h2-3H,1H3. The number of halogens is 1. The summed E-state index contributed by atoms with van der Waals surface area (Å²) >= 11 is 8.80. The zero-order chi connectivity index (χ0) is 11.5. The fourth-order valence-electron chi connectivity index (χ4n) is 0.984. The largest absolute Gasteiger partial charge is 0.248 e. The average Bonchev–Trinajstić information content (AvgIpc) is 2.67. The minimum absolute atomic E-state index is 0.364. The molecule has 0 atom stereocenters. The van der Waals surface area contributed by atoms with Crippen LogP contribution in [-0.4, -0.2) is 15.2 Å². The maximum Gasteiger partial charge on any atom is 0.180 e. The Labute approximate surface area is 105 Å². The van der Waals surface area contributed by atoms with Gasteiger partial charge in [0.05, 0.1) is 10.6 Å². The molecule has 0 bridgehead atoms. The van der Waals surface area contributed by atoms with E-state index in [2.05, 4.69) is 15.2 Å². The van der Waals surface area contributed by atoms with Crippen LogP contribution in [0.3, 0.4) is 0 Å². The van der Waals surface area contributed by atoms with Crippen LogP contribution in [0.25, 0.3) is 0 Å². The van der Waals surface area contributed by atoms with Crippen molar-refractivity contribution in [2.75, 3.05) is 0 Å². The smallest absolute Gasteiger partial charge is 0.180 e. The normalized spacial score (nSPS) is 10.1. The number of aryl methyl sites for hydroxylation is 1. The second-order valence-electron chi connectivity index (χ2n) is 2.78. The highest BCUT2D eigenvalue weighted by Gasteiger charge is 2.11. The predicted molar refractivity (Wildman–Crippen MR) is 62.7 cm³/mol. The van der Waals surface area contributed by atoms with E-state index in [4.69, 9.17) is 16.9 Å². The molecule has 0 spiro atoms. The van der Waals surface area contributed by atoms with Gasteiger partial charge in [0.15, 0.2) is 4.34 Å². The lowest BCUT2D eigenvalue weighted by atomic mass is 10.3. The summed E-state index contributed by atoms with van der Waals surface area (Å²) in [5.74, 6) is 0. The highest BCUT2D eigenvalue weighted by molar-refractivity contribution is 8.01. The molecule has 0 saturated heterocycles. The highest BCUT2D eigenvalue weighted by atomic mass is 35.5. The molecule has 0 radical (unpaired) electrons. The van der Waals surface area contributed by atoms with Crippen LogP contribution in [0.2, 0.25) is 5.02 Å². The predicted octanol–water partition coefficient (Wildman–Crippen LogP) is 2.92. The molecule has 2 aromatic heterocycles. The number of hydrogen-bond acceptors (Lipinski definition) is 6. The Morgan fingerprint density at radius 2 is 2.31 bits per heavy atom. The second kappa shape index (κ2) is 4.78. The van der Waals surface area contributed by atoms with Gasteiger partial charge in [-0.2, -0.15) is 5.26 Å². The molecule has 7 heteroatoms. The third kappa shape index (κ3) is 2.32. The van der Waals surface area contributed by atoms with E-state index in [0.717, 1.165) is 9.35 Å². The van der Waals surface area contributed by atoms with Gasteiger partial charge in [-0.3, -0.25) is 0 Å². The van der Waals surface area contributed by atoms with Crippen molar-refractivity contribution >= 4 is 34.7 Å². The second-order valence-corrected chi connectivity index (χ2v) is 5.57. The first kappa shape index (κ1) is 11.3. The maximum atomic E-state index is 8.82. The molecule has 0 aliphatic rings. The summed E-state index contributed by atoms with van der Waals surface area (Å²) in [7, 11) is 0. The van der Waals surface area contributed by atoms with Crippen molar-refractivity contribution in [3.05, 3.63) is 27.9 Å². The topological polar surface area (TPSA) is 62.5 Å². The van der Waals surface area contributed by atoms with Gasteiger partial charge in [-0.25, -0.2) is 4.98 Å². The zero-order valence-corrected chi connectivity index (χ0v) is 10.5. The van der Waals surface area contributed by atoms with Crippen molar-refractivity contribution < 1.29 is 0 Å². The third-order valence-corrected chi connectivity index (χ3v) is 4.06. The number of aromatic nitrogens is 3. The van der Waals surface area contributed by atoms with Crippen molar-refractivity contribution in [1.29, 1.82) is 5.26 Å². The van der Waals surface area contributed by atoms with Crippen molar-refractivity contribution in [3.63, 3.8) is 0 Å². The minimum Gasteiger partial charge on any atom is -0.248 e. The van der Waals surface area contributed by atoms with Crippen LogP contribution in [0.4, 0.5) is 0 Å². The zero-order valence-electron chi connectivity index (χ0n) is 8.14. The quantitative estimate of drug-likeness (QED) is 0.838. The first-order valence-corrected chi connectivity index (χ1v) is 6.24. The van der Waals surface area contributed by atoms with E-state index < -0.39 is 0 Å². The van der Waals surface area contributed by atoms with Crippen LogP contribution in [0, 0.1) is 18.3 Å². The van der Waals surface area contributed by atoms with Gasteiger partial charge in [0.2, 0.25) is 0 Å². The molecule has 2 heterocycles. The van der Waals surface area contributed by atoms with E-state index in [0.29, 0.717) is 15.6 Å². The maximum absolute atomic E-state index is 8.82. The van der Waals surface area contributed by atoms with E-state index in [1.54, 1.807) is 12.3 Å². The highest BCUT2D eigenvalue weighted by Crippen LogP contribution is 2.34. The molecule has 0 aliphatic carbocycles. The molecule has 0 N–H and O–H groups in total. The van der Waals surface area contributed by atoms with Gasteiger partial charge in [-0.15, -0.1) is 10.2 Å². The molecule has 0 aliphatic heterocycles. The Hall–Kier alpha value is -1.16. The lowest BCUT2D eigenvalue weighted by Gasteiger charge is -2.00. The molecule has 2 rings (SSSR count). The third-order valence-electron chi connectivity index (χ3n) is 1.67. The molecule has 0 amide bonds.